The molecule has 9 nitrogen and oxygen atoms in total. The number of aromatic hydroxyl groups is 1. The molecular formula is C38H60O9. The van der Waals surface area contributed by atoms with Crippen LogP contribution in [0.4, 0.5) is 0 Å². The van der Waals surface area contributed by atoms with Crippen molar-refractivity contribution in [1.29, 1.82) is 0 Å². The van der Waals surface area contributed by atoms with Crippen LogP contribution in [0.1, 0.15) is 78.9 Å². The summed E-state index contributed by atoms with van der Waals surface area (Å²) in [5.74, 6) is 1.58. The van der Waals surface area contributed by atoms with Crippen LogP contribution in [-0.2, 0) is 24.4 Å². The first-order valence-electron chi connectivity index (χ1n) is 17.1. The van der Waals surface area contributed by atoms with Gasteiger partial charge in [0.2, 0.25) is 0 Å². The fraction of sp³-hybridized carbons (Fsp3) is 0.684. The molecule has 0 aromatic heterocycles. The van der Waals surface area contributed by atoms with Crippen molar-refractivity contribution < 1.29 is 44.1 Å². The van der Waals surface area contributed by atoms with Gasteiger partial charge in [-0.15, -0.1) is 0 Å². The smallest absolute Gasteiger partial charge is 0.119 e. The number of ether oxygens (including phenoxy) is 5. The van der Waals surface area contributed by atoms with E-state index in [2.05, 4.69) is 45.0 Å². The normalized spacial score (nSPS) is 23.4. The van der Waals surface area contributed by atoms with E-state index in [1.165, 1.54) is 17.5 Å². The van der Waals surface area contributed by atoms with Crippen LogP contribution in [0.2, 0.25) is 0 Å². The standard InChI is InChI=1S/C38H60O9/c1-27-16-36(6,7)22-38(17-27,32-8-12-34(42)13-9-32)33-10-14-35(15-11-33)47-31(5)21-46-26-37(23-43-18-28(2)39,24-44-19-29(3)40)25-45-20-30(4)41/h8-15,27-31,39-42H,16-26H2,1-7H3. The predicted molar refractivity (Wildman–Crippen MR) is 183 cm³/mol. The number of benzene rings is 2. The monoisotopic (exact) mass is 660 g/mol. The molecule has 1 saturated carbocycles. The number of phenolic OH excluding ortho intramolecular Hbond substituents is 1. The van der Waals surface area contributed by atoms with Gasteiger partial charge in [-0.05, 0) is 93.7 Å². The Morgan fingerprint density at radius 3 is 1.53 bits per heavy atom. The van der Waals surface area contributed by atoms with Crippen molar-refractivity contribution in [3.8, 4) is 11.5 Å². The SMILES string of the molecule is CC(O)COCC(COCC(C)O)(COCC(C)O)COCC(C)Oc1ccc(C2(c3ccc(O)cc3)CC(C)CC(C)(C)C2)cc1. The molecule has 47 heavy (non-hydrogen) atoms. The molecule has 0 bridgehead atoms. The zero-order chi connectivity index (χ0) is 34.7. The van der Waals surface area contributed by atoms with Gasteiger partial charge in [-0.25, -0.2) is 0 Å². The highest BCUT2D eigenvalue weighted by molar-refractivity contribution is 5.44. The summed E-state index contributed by atoms with van der Waals surface area (Å²) in [7, 11) is 0. The average Bonchev–Trinajstić information content (AvgIpc) is 2.96. The van der Waals surface area contributed by atoms with Crippen molar-refractivity contribution in [3.05, 3.63) is 59.7 Å². The topological polar surface area (TPSA) is 127 Å². The fourth-order valence-electron chi connectivity index (χ4n) is 7.11. The van der Waals surface area contributed by atoms with Crippen molar-refractivity contribution in [3.63, 3.8) is 0 Å². The quantitative estimate of drug-likeness (QED) is 0.146. The molecule has 6 unspecified atom stereocenters. The maximum atomic E-state index is 9.99. The lowest BCUT2D eigenvalue weighted by atomic mass is 9.55. The van der Waals surface area contributed by atoms with Crippen LogP contribution < -0.4 is 4.74 Å². The zero-order valence-electron chi connectivity index (χ0n) is 29.6. The Morgan fingerprint density at radius 2 is 1.11 bits per heavy atom. The summed E-state index contributed by atoms with van der Waals surface area (Å²) in [6.07, 6.45) is 1.09. The predicted octanol–water partition coefficient (Wildman–Crippen LogP) is 5.49. The molecule has 1 aliphatic carbocycles. The Kier molecular flexibility index (Phi) is 15.0. The van der Waals surface area contributed by atoms with Gasteiger partial charge in [0.05, 0.1) is 76.6 Å². The minimum atomic E-state index is -0.729. The third kappa shape index (κ3) is 12.6. The molecule has 2 aromatic carbocycles. The number of aliphatic hydroxyl groups excluding tert-OH is 3. The second-order valence-corrected chi connectivity index (χ2v) is 15.0. The van der Waals surface area contributed by atoms with E-state index in [4.69, 9.17) is 23.7 Å². The Labute approximate surface area is 282 Å². The first-order chi connectivity index (χ1) is 22.1. The lowest BCUT2D eigenvalue weighted by Crippen LogP contribution is -2.43. The highest BCUT2D eigenvalue weighted by atomic mass is 16.5. The first-order valence-corrected chi connectivity index (χ1v) is 17.1. The molecule has 0 radical (unpaired) electrons. The Bertz CT molecular complexity index is 1130. The summed E-state index contributed by atoms with van der Waals surface area (Å²) < 4.78 is 29.8. The van der Waals surface area contributed by atoms with Gasteiger partial charge in [-0.3, -0.25) is 0 Å². The van der Waals surface area contributed by atoms with Gasteiger partial charge in [0.1, 0.15) is 17.6 Å². The number of hydrogen-bond acceptors (Lipinski definition) is 9. The molecule has 0 spiro atoms. The van der Waals surface area contributed by atoms with E-state index in [1.807, 2.05) is 19.1 Å². The summed E-state index contributed by atoms with van der Waals surface area (Å²) in [6, 6.07) is 16.1. The van der Waals surface area contributed by atoms with Gasteiger partial charge in [0, 0.05) is 5.41 Å². The minimum Gasteiger partial charge on any atom is -0.508 e. The molecule has 9 heteroatoms. The van der Waals surface area contributed by atoms with E-state index in [0.29, 0.717) is 12.5 Å². The van der Waals surface area contributed by atoms with Crippen LogP contribution in [0, 0.1) is 16.7 Å². The van der Waals surface area contributed by atoms with Crippen LogP contribution in [0.15, 0.2) is 48.5 Å². The number of hydrogen-bond donors (Lipinski definition) is 4. The Morgan fingerprint density at radius 1 is 0.681 bits per heavy atom. The number of aliphatic hydroxyl groups is 3. The molecule has 4 N–H and O–H groups in total. The molecule has 6 atom stereocenters. The summed E-state index contributed by atoms with van der Waals surface area (Å²) in [6.45, 7) is 15.5. The van der Waals surface area contributed by atoms with E-state index < -0.39 is 23.7 Å². The van der Waals surface area contributed by atoms with E-state index in [1.54, 1.807) is 32.9 Å². The van der Waals surface area contributed by atoms with Crippen molar-refractivity contribution in [2.75, 3.05) is 52.9 Å². The molecule has 0 aliphatic heterocycles. The molecule has 2 aromatic rings. The molecule has 1 aliphatic rings. The highest BCUT2D eigenvalue weighted by Gasteiger charge is 2.45. The van der Waals surface area contributed by atoms with Crippen molar-refractivity contribution in [1.82, 2.24) is 0 Å². The first kappa shape index (κ1) is 39.2. The van der Waals surface area contributed by atoms with E-state index in [9.17, 15) is 20.4 Å². The zero-order valence-corrected chi connectivity index (χ0v) is 29.6. The molecular weight excluding hydrogens is 600 g/mol. The van der Waals surface area contributed by atoms with Crippen LogP contribution in [0.3, 0.4) is 0 Å². The number of phenols is 1. The lowest BCUT2D eigenvalue weighted by molar-refractivity contribution is -0.128. The molecule has 0 saturated heterocycles. The molecule has 1 fully saturated rings. The van der Waals surface area contributed by atoms with Crippen LogP contribution >= 0.6 is 0 Å². The summed E-state index contributed by atoms with van der Waals surface area (Å²) in [4.78, 5) is 0. The van der Waals surface area contributed by atoms with Gasteiger partial charge in [0.25, 0.3) is 0 Å². The Hall–Kier alpha value is -2.24. The van der Waals surface area contributed by atoms with Gasteiger partial charge in [0.15, 0.2) is 0 Å². The second kappa shape index (κ2) is 18.0. The highest BCUT2D eigenvalue weighted by Crippen LogP contribution is 2.53. The molecule has 3 rings (SSSR count). The van der Waals surface area contributed by atoms with Gasteiger partial charge in [-0.1, -0.05) is 45.0 Å². The van der Waals surface area contributed by atoms with Crippen LogP contribution in [0.25, 0.3) is 0 Å². The van der Waals surface area contributed by atoms with Crippen molar-refractivity contribution >= 4 is 0 Å². The van der Waals surface area contributed by atoms with Gasteiger partial charge in [-0.2, -0.15) is 0 Å². The molecule has 266 valence electrons. The van der Waals surface area contributed by atoms with E-state index in [-0.39, 0.29) is 68.9 Å². The molecule has 0 amide bonds. The Balaban J connectivity index is 1.70. The van der Waals surface area contributed by atoms with E-state index >= 15 is 0 Å². The van der Waals surface area contributed by atoms with Crippen LogP contribution in [0.5, 0.6) is 11.5 Å². The van der Waals surface area contributed by atoms with Crippen LogP contribution in [-0.4, -0.2) is 97.7 Å². The average molecular weight is 661 g/mol. The summed E-state index contributed by atoms with van der Waals surface area (Å²) >= 11 is 0. The minimum absolute atomic E-state index is 0.147. The van der Waals surface area contributed by atoms with Crippen molar-refractivity contribution in [2.45, 2.75) is 97.6 Å². The largest absolute Gasteiger partial charge is 0.508 e. The van der Waals surface area contributed by atoms with Gasteiger partial charge >= 0.3 is 0 Å². The van der Waals surface area contributed by atoms with E-state index in [0.717, 1.165) is 18.6 Å². The third-order valence-corrected chi connectivity index (χ3v) is 8.61. The summed E-state index contributed by atoms with van der Waals surface area (Å²) in [5.41, 5.74) is 1.76. The fourth-order valence-corrected chi connectivity index (χ4v) is 7.11. The number of rotatable bonds is 20. The second-order valence-electron chi connectivity index (χ2n) is 15.0. The summed E-state index contributed by atoms with van der Waals surface area (Å²) in [5, 5.41) is 39.2. The maximum absolute atomic E-state index is 9.99. The lowest BCUT2D eigenvalue weighted by Gasteiger charge is -2.48. The van der Waals surface area contributed by atoms with Gasteiger partial charge < -0.3 is 44.1 Å². The molecule has 0 heterocycles. The maximum Gasteiger partial charge on any atom is 0.119 e. The van der Waals surface area contributed by atoms with Crippen molar-refractivity contribution in [2.24, 2.45) is 16.7 Å². The third-order valence-electron chi connectivity index (χ3n) is 8.61.